The molecule has 5 nitrogen and oxygen atoms in total. The van der Waals surface area contributed by atoms with E-state index in [0.29, 0.717) is 11.9 Å². The van der Waals surface area contributed by atoms with Gasteiger partial charge < -0.3 is 4.74 Å². The fourth-order valence-corrected chi connectivity index (χ4v) is 6.74. The van der Waals surface area contributed by atoms with Gasteiger partial charge in [0.25, 0.3) is 10.0 Å². The lowest BCUT2D eigenvalue weighted by Crippen LogP contribution is -2.15. The van der Waals surface area contributed by atoms with Crippen molar-refractivity contribution in [2.75, 3.05) is 0 Å². The van der Waals surface area contributed by atoms with E-state index in [1.807, 2.05) is 67.6 Å². The van der Waals surface area contributed by atoms with Crippen molar-refractivity contribution < 1.29 is 17.9 Å². The van der Waals surface area contributed by atoms with E-state index in [1.165, 1.54) is 3.97 Å². The molecule has 0 atom stereocenters. The molecule has 0 radical (unpaired) electrons. The zero-order valence-corrected chi connectivity index (χ0v) is 22.1. The molecular formula is C31H33NO4S. The monoisotopic (exact) mass is 515 g/mol. The minimum absolute atomic E-state index is 0.126. The maximum atomic E-state index is 14.3. The van der Waals surface area contributed by atoms with Crippen LogP contribution < -0.4 is 0 Å². The number of benzene rings is 3. The van der Waals surface area contributed by atoms with E-state index >= 15 is 0 Å². The standard InChI is InChI=1S/C31H33NO4S/c1-23-15-18-26(19-16-23)37(34,35)32-29-21-24-17-20-27(29)28(31(32)25-11-7-6-8-12-25)13-9-4-2-3-5-10-14-30(33)36-22-24/h6-8,11-12,15-21H,2-5,9-10,13-14,22H2,1H3. The number of carbonyl (C=O) groups excluding carboxylic acids is 1. The Morgan fingerprint density at radius 3 is 2.19 bits per heavy atom. The zero-order chi connectivity index (χ0) is 25.8. The highest BCUT2D eigenvalue weighted by Gasteiger charge is 2.28. The van der Waals surface area contributed by atoms with Crippen LogP contribution in [-0.4, -0.2) is 18.4 Å². The van der Waals surface area contributed by atoms with Gasteiger partial charge in [0.2, 0.25) is 0 Å². The van der Waals surface area contributed by atoms with E-state index in [2.05, 4.69) is 0 Å². The van der Waals surface area contributed by atoms with Gasteiger partial charge >= 0.3 is 5.97 Å². The minimum Gasteiger partial charge on any atom is -0.461 e. The summed E-state index contributed by atoms with van der Waals surface area (Å²) in [5.41, 5.74) is 5.03. The van der Waals surface area contributed by atoms with E-state index in [1.54, 1.807) is 12.1 Å². The lowest BCUT2D eigenvalue weighted by Gasteiger charge is -2.14. The molecule has 0 N–H and O–H groups in total. The fraction of sp³-hybridized carbons (Fsp3) is 0.323. The summed E-state index contributed by atoms with van der Waals surface area (Å²) in [4.78, 5) is 12.5. The lowest BCUT2D eigenvalue weighted by molar-refractivity contribution is -0.145. The molecule has 4 aromatic rings. The maximum absolute atomic E-state index is 14.3. The molecule has 0 aliphatic carbocycles. The average molecular weight is 516 g/mol. The Labute approximate surface area is 219 Å². The maximum Gasteiger partial charge on any atom is 0.306 e. The summed E-state index contributed by atoms with van der Waals surface area (Å²) in [5, 5.41) is 0.928. The SMILES string of the molecule is Cc1ccc(S(=O)(=O)n2c(-c3ccccc3)c3c4ccc(cc42)COC(=O)CCCCCCCC3)cc1. The summed E-state index contributed by atoms with van der Waals surface area (Å²) < 4.78 is 35.6. The second kappa shape index (κ2) is 10.9. The van der Waals surface area contributed by atoms with Crippen molar-refractivity contribution in [1.82, 2.24) is 3.97 Å². The van der Waals surface area contributed by atoms with Gasteiger partial charge in [-0.2, -0.15) is 0 Å². The van der Waals surface area contributed by atoms with Crippen LogP contribution in [0, 0.1) is 6.92 Å². The topological polar surface area (TPSA) is 65.4 Å². The highest BCUT2D eigenvalue weighted by Crippen LogP contribution is 2.38. The van der Waals surface area contributed by atoms with Gasteiger partial charge in [-0.3, -0.25) is 4.79 Å². The summed E-state index contributed by atoms with van der Waals surface area (Å²) in [6, 6.07) is 22.6. The van der Waals surface area contributed by atoms with Gasteiger partial charge in [-0.1, -0.05) is 85.8 Å². The van der Waals surface area contributed by atoms with Crippen molar-refractivity contribution in [2.24, 2.45) is 0 Å². The van der Waals surface area contributed by atoms with Crippen molar-refractivity contribution in [3.63, 3.8) is 0 Å². The predicted octanol–water partition coefficient (Wildman–Crippen LogP) is 7.18. The van der Waals surface area contributed by atoms with E-state index in [9.17, 15) is 13.2 Å². The molecule has 0 unspecified atom stereocenters. The van der Waals surface area contributed by atoms with Crippen LogP contribution in [0.15, 0.2) is 77.7 Å². The summed E-state index contributed by atoms with van der Waals surface area (Å²) in [7, 11) is -3.91. The van der Waals surface area contributed by atoms with Gasteiger partial charge in [-0.05, 0) is 61.1 Å². The van der Waals surface area contributed by atoms with Gasteiger partial charge in [0, 0.05) is 11.8 Å². The van der Waals surface area contributed by atoms with Crippen molar-refractivity contribution in [3.8, 4) is 11.3 Å². The summed E-state index contributed by atoms with van der Waals surface area (Å²) >= 11 is 0. The second-order valence-corrected chi connectivity index (χ2v) is 11.7. The summed E-state index contributed by atoms with van der Waals surface area (Å²) in [6.07, 6.45) is 7.31. The van der Waals surface area contributed by atoms with Crippen LogP contribution in [0.1, 0.15) is 61.6 Å². The molecule has 37 heavy (non-hydrogen) atoms. The Balaban J connectivity index is 1.76. The first-order valence-electron chi connectivity index (χ1n) is 13.1. The van der Waals surface area contributed by atoms with Crippen molar-refractivity contribution in [3.05, 3.63) is 89.5 Å². The van der Waals surface area contributed by atoms with Crippen LogP contribution in [0.2, 0.25) is 0 Å². The molecule has 192 valence electrons. The molecule has 3 heterocycles. The van der Waals surface area contributed by atoms with Crippen LogP contribution in [0.4, 0.5) is 0 Å². The lowest BCUT2D eigenvalue weighted by atomic mass is 9.98. The molecule has 2 aliphatic rings. The molecule has 1 aromatic heterocycles. The summed E-state index contributed by atoms with van der Waals surface area (Å²) in [5.74, 6) is -0.208. The molecule has 6 heteroatoms. The molecule has 4 bridgehead atoms. The number of aromatic nitrogens is 1. The highest BCUT2D eigenvalue weighted by molar-refractivity contribution is 7.90. The first kappa shape index (κ1) is 25.3. The molecule has 2 aliphatic heterocycles. The third-order valence-corrected chi connectivity index (χ3v) is 8.89. The van der Waals surface area contributed by atoms with Crippen LogP contribution in [0.5, 0.6) is 0 Å². The fourth-order valence-electron chi connectivity index (χ4n) is 5.18. The number of fused-ring (bicyclic) bond motifs is 11. The largest absolute Gasteiger partial charge is 0.461 e. The zero-order valence-electron chi connectivity index (χ0n) is 21.3. The van der Waals surface area contributed by atoms with E-state index in [4.69, 9.17) is 4.74 Å². The van der Waals surface area contributed by atoms with Crippen molar-refractivity contribution >= 4 is 26.9 Å². The number of hydrogen-bond acceptors (Lipinski definition) is 4. The first-order valence-corrected chi connectivity index (χ1v) is 14.6. The third-order valence-electron chi connectivity index (χ3n) is 7.16. The van der Waals surface area contributed by atoms with Crippen LogP contribution >= 0.6 is 0 Å². The Hall–Kier alpha value is -3.38. The molecule has 6 rings (SSSR count). The number of rotatable bonds is 3. The predicted molar refractivity (Wildman–Crippen MR) is 147 cm³/mol. The van der Waals surface area contributed by atoms with Gasteiger partial charge in [0.15, 0.2) is 0 Å². The number of esters is 1. The molecule has 0 saturated heterocycles. The highest BCUT2D eigenvalue weighted by atomic mass is 32.2. The van der Waals surface area contributed by atoms with Gasteiger partial charge in [-0.15, -0.1) is 0 Å². The summed E-state index contributed by atoms with van der Waals surface area (Å²) in [6.45, 7) is 2.07. The number of carbonyl (C=O) groups is 1. The van der Waals surface area contributed by atoms with Crippen molar-refractivity contribution in [1.29, 1.82) is 0 Å². The third kappa shape index (κ3) is 5.35. The minimum atomic E-state index is -3.91. The Bertz CT molecular complexity index is 1500. The van der Waals surface area contributed by atoms with Gasteiger partial charge in [-0.25, -0.2) is 12.4 Å². The molecule has 0 fully saturated rings. The first-order chi connectivity index (χ1) is 17.9. The molecular weight excluding hydrogens is 482 g/mol. The van der Waals surface area contributed by atoms with Crippen LogP contribution in [0.25, 0.3) is 22.2 Å². The Kier molecular flexibility index (Phi) is 7.47. The Morgan fingerprint density at radius 2 is 1.46 bits per heavy atom. The number of aryl methyl sites for hydroxylation is 2. The van der Waals surface area contributed by atoms with Crippen molar-refractivity contribution in [2.45, 2.75) is 69.8 Å². The normalized spacial score (nSPS) is 15.8. The number of ether oxygens (including phenoxy) is 1. The molecule has 3 aromatic carbocycles. The van der Waals surface area contributed by atoms with E-state index < -0.39 is 10.0 Å². The Morgan fingerprint density at radius 1 is 0.784 bits per heavy atom. The molecule has 0 spiro atoms. The van der Waals surface area contributed by atoms with Gasteiger partial charge in [0.1, 0.15) is 6.61 Å². The second-order valence-electron chi connectivity index (χ2n) is 9.91. The molecule has 0 saturated carbocycles. The quantitative estimate of drug-likeness (QED) is 0.271. The number of hydrogen-bond donors (Lipinski definition) is 0. The van der Waals surface area contributed by atoms with Crippen LogP contribution in [-0.2, 0) is 32.6 Å². The smallest absolute Gasteiger partial charge is 0.306 e. The number of nitrogens with zero attached hydrogens (tertiary/aromatic N) is 1. The average Bonchev–Trinajstić information content (AvgIpc) is 3.23. The van der Waals surface area contributed by atoms with E-state index in [0.717, 1.165) is 78.3 Å². The van der Waals surface area contributed by atoms with E-state index in [-0.39, 0.29) is 17.5 Å². The van der Waals surface area contributed by atoms with Crippen LogP contribution in [0.3, 0.4) is 0 Å². The molecule has 0 amide bonds. The van der Waals surface area contributed by atoms with Gasteiger partial charge in [0.05, 0.1) is 16.1 Å².